The van der Waals surface area contributed by atoms with Crippen LogP contribution in [0.3, 0.4) is 0 Å². The fourth-order valence-corrected chi connectivity index (χ4v) is 0. The molecule has 0 atom stereocenters. The van der Waals surface area contributed by atoms with Gasteiger partial charge in [-0.3, -0.25) is 0 Å². The molecule has 5 N–H and O–H groups in total. The summed E-state index contributed by atoms with van der Waals surface area (Å²) < 4.78 is 8.88. The van der Waals surface area contributed by atoms with Gasteiger partial charge < -0.3 is 24.4 Å². The fourth-order valence-electron chi connectivity index (χ4n) is 0. The first-order chi connectivity index (χ1) is 2.00. The molecule has 0 aliphatic rings. The molecule has 0 rings (SSSR count). The second-order valence-corrected chi connectivity index (χ2v) is 1.54. The number of hydrogen-bond donors (Lipinski definition) is 3. The van der Waals surface area contributed by atoms with E-state index in [4.69, 9.17) is 19.2 Å². The molecule has 0 bridgehead atoms. The maximum Gasteiger partial charge on any atom is 1.00 e. The average Bonchev–Trinajstić information content (AvgIpc) is 0.722. The Labute approximate surface area is 93.1 Å². The molecule has 0 amide bonds. The van der Waals surface area contributed by atoms with Crippen LogP contribution < -0.4 is 56.6 Å². The van der Waals surface area contributed by atoms with Crippen LogP contribution in [0, 0.1) is 0 Å². The van der Waals surface area contributed by atoms with Gasteiger partial charge in [-0.25, -0.2) is 4.57 Å². The molecule has 0 fully saturated rings. The molecule has 0 aliphatic heterocycles. The predicted octanol–water partition coefficient (Wildman–Crippen LogP) is -10.4. The summed E-state index contributed by atoms with van der Waals surface area (Å²) in [6.45, 7) is 0. The van der Waals surface area contributed by atoms with Crippen molar-refractivity contribution in [1.29, 1.82) is 0 Å². The Morgan fingerprint density at radius 3 is 1.00 bits per heavy atom. The average molecular weight is 140 g/mol. The van der Waals surface area contributed by atoms with Crippen LogP contribution in [0.1, 0.15) is 4.28 Å². The van der Waals surface area contributed by atoms with E-state index in [1.807, 2.05) is 0 Å². The molecule has 0 aromatic rings. The van der Waals surface area contributed by atoms with E-state index in [1.54, 1.807) is 0 Å². The molecule has 0 heterocycles. The van der Waals surface area contributed by atoms with Crippen LogP contribution >= 0.6 is 7.82 Å². The van der Waals surface area contributed by atoms with Crippen LogP contribution in [0.25, 0.3) is 0 Å². The fraction of sp³-hybridized carbons (Fsp3) is 0. The number of phosphoric acid groups is 1. The van der Waals surface area contributed by atoms with Crippen molar-refractivity contribution in [3.05, 3.63) is 0 Å². The Balaban J connectivity index is -0.00000000381. The second-order valence-electron chi connectivity index (χ2n) is 0.513. The monoisotopic (exact) mass is 140 g/mol. The molecule has 0 aromatic carbocycles. The summed E-state index contributed by atoms with van der Waals surface area (Å²) in [5.74, 6) is 0. The van der Waals surface area contributed by atoms with Crippen LogP contribution in [-0.4, -0.2) is 20.2 Å². The van der Waals surface area contributed by atoms with Crippen molar-refractivity contribution >= 4 is 7.82 Å². The van der Waals surface area contributed by atoms with Gasteiger partial charge in [0.05, 0.1) is 0 Å². The molecular formula is H8Li3O5P. The summed E-state index contributed by atoms with van der Waals surface area (Å²) in [5, 5.41) is 0. The molecule has 0 radical (unpaired) electrons. The zero-order valence-corrected chi connectivity index (χ0v) is 6.59. The minimum absolute atomic E-state index is 0. The van der Waals surface area contributed by atoms with Crippen molar-refractivity contribution in [3.63, 3.8) is 0 Å². The van der Waals surface area contributed by atoms with Crippen LogP contribution in [0.4, 0.5) is 0 Å². The Hall–Kier alpha value is 1.86. The summed E-state index contributed by atoms with van der Waals surface area (Å²) in [6, 6.07) is 0. The molecule has 5 nitrogen and oxygen atoms in total. The number of hydrogen-bond acceptors (Lipinski definition) is 1. The van der Waals surface area contributed by atoms with Gasteiger partial charge in [-0.15, -0.1) is 0 Å². The van der Waals surface area contributed by atoms with Crippen molar-refractivity contribution in [2.24, 2.45) is 0 Å². The summed E-state index contributed by atoms with van der Waals surface area (Å²) in [7, 11) is -4.64. The molecule has 0 aromatic heterocycles. The summed E-state index contributed by atoms with van der Waals surface area (Å²) in [5.41, 5.74) is 0. The van der Waals surface area contributed by atoms with Crippen LogP contribution in [-0.2, 0) is 4.57 Å². The zero-order valence-electron chi connectivity index (χ0n) is 8.70. The van der Waals surface area contributed by atoms with Gasteiger partial charge in [-0.1, -0.05) is 0 Å². The van der Waals surface area contributed by atoms with E-state index < -0.39 is 7.82 Å². The topological polar surface area (TPSA) is 109 Å². The van der Waals surface area contributed by atoms with E-state index >= 15 is 0 Å². The minimum Gasteiger partial charge on any atom is -1.00 e. The number of rotatable bonds is 0. The second kappa shape index (κ2) is 12.5. The third-order valence-electron chi connectivity index (χ3n) is 0. The van der Waals surface area contributed by atoms with E-state index in [0.29, 0.717) is 0 Å². The van der Waals surface area contributed by atoms with E-state index in [1.165, 1.54) is 0 Å². The normalized spacial score (nSPS) is 6.56. The third-order valence-corrected chi connectivity index (χ3v) is 0. The molecule has 0 spiro atoms. The quantitative estimate of drug-likeness (QED) is 0.229. The van der Waals surface area contributed by atoms with E-state index in [0.717, 1.165) is 0 Å². The first-order valence-electron chi connectivity index (χ1n) is 0.783. The standard InChI is InChI=1S/3Li.H3O4P.H2O.3H/c;;;1-5(2,3)4;;;;/h;;;(H3,1,2,3,4);1H2;;;/q3*+1;;;3*-1. The van der Waals surface area contributed by atoms with Gasteiger partial charge in [-0.2, -0.15) is 0 Å². The van der Waals surface area contributed by atoms with Crippen molar-refractivity contribution in [2.75, 3.05) is 0 Å². The molecule has 0 unspecified atom stereocenters. The van der Waals surface area contributed by atoms with Crippen LogP contribution in [0.2, 0.25) is 0 Å². The van der Waals surface area contributed by atoms with Crippen molar-refractivity contribution in [2.45, 2.75) is 0 Å². The Morgan fingerprint density at radius 1 is 1.00 bits per heavy atom. The Bertz CT molecular complexity index is 68.1. The first-order valence-corrected chi connectivity index (χ1v) is 2.35. The molecule has 0 aliphatic carbocycles. The molecule has 0 saturated heterocycles. The summed E-state index contributed by atoms with van der Waals surface area (Å²) in [6.07, 6.45) is 0. The minimum atomic E-state index is -4.64. The van der Waals surface area contributed by atoms with Gasteiger partial charge in [0.2, 0.25) is 0 Å². The zero-order chi connectivity index (χ0) is 4.50. The van der Waals surface area contributed by atoms with Gasteiger partial charge in [0.15, 0.2) is 0 Å². The SMILES string of the molecule is O.O=P(O)(O)O.[H-].[H-].[H-].[Li+].[Li+].[Li+]. The molecule has 9 heavy (non-hydrogen) atoms. The van der Waals surface area contributed by atoms with Gasteiger partial charge in [0.1, 0.15) is 0 Å². The molecule has 0 saturated carbocycles. The van der Waals surface area contributed by atoms with Gasteiger partial charge in [-0.05, 0) is 0 Å². The smallest absolute Gasteiger partial charge is 1.00 e. The van der Waals surface area contributed by atoms with Crippen molar-refractivity contribution in [3.8, 4) is 0 Å². The summed E-state index contributed by atoms with van der Waals surface area (Å²) in [4.78, 5) is 21.6. The maximum atomic E-state index is 8.88. The molecule has 46 valence electrons. The molecular weight excluding hydrogens is 132 g/mol. The Morgan fingerprint density at radius 2 is 1.00 bits per heavy atom. The Kier molecular flexibility index (Phi) is 42.8. The maximum absolute atomic E-state index is 8.88. The van der Waals surface area contributed by atoms with Gasteiger partial charge in [0, 0.05) is 0 Å². The van der Waals surface area contributed by atoms with Crippen molar-refractivity contribution < 1.29 is 85.6 Å². The van der Waals surface area contributed by atoms with E-state index in [-0.39, 0.29) is 66.3 Å². The van der Waals surface area contributed by atoms with Crippen LogP contribution in [0.15, 0.2) is 0 Å². The van der Waals surface area contributed by atoms with Crippen molar-refractivity contribution in [1.82, 2.24) is 0 Å². The molecule has 9 heteroatoms. The summed E-state index contributed by atoms with van der Waals surface area (Å²) >= 11 is 0. The largest absolute Gasteiger partial charge is 1.00 e. The first kappa shape index (κ1) is 30.7. The van der Waals surface area contributed by atoms with Gasteiger partial charge in [0.25, 0.3) is 0 Å². The van der Waals surface area contributed by atoms with Gasteiger partial charge >= 0.3 is 64.4 Å². The third kappa shape index (κ3) is 176. The van der Waals surface area contributed by atoms with Crippen LogP contribution in [0.5, 0.6) is 0 Å². The predicted molar refractivity (Wildman–Crippen MR) is 21.2 cm³/mol. The van der Waals surface area contributed by atoms with E-state index in [2.05, 4.69) is 0 Å². The van der Waals surface area contributed by atoms with E-state index in [9.17, 15) is 0 Å².